The van der Waals surface area contributed by atoms with Crippen LogP contribution in [-0.4, -0.2) is 9.38 Å². The van der Waals surface area contributed by atoms with Gasteiger partial charge in [-0.15, -0.1) is 0 Å². The molecular formula is C11H15N3. The molecule has 0 saturated heterocycles. The van der Waals surface area contributed by atoms with Crippen molar-refractivity contribution in [3.05, 3.63) is 30.4 Å². The van der Waals surface area contributed by atoms with Crippen LogP contribution in [0.3, 0.4) is 0 Å². The molecule has 2 aromatic rings. The third-order valence-electron chi connectivity index (χ3n) is 2.22. The van der Waals surface area contributed by atoms with Gasteiger partial charge in [-0.05, 0) is 18.1 Å². The van der Waals surface area contributed by atoms with E-state index in [4.69, 9.17) is 5.73 Å². The predicted molar refractivity (Wildman–Crippen MR) is 58.1 cm³/mol. The maximum atomic E-state index is 5.69. The molecule has 0 aromatic carbocycles. The van der Waals surface area contributed by atoms with E-state index in [0.29, 0.717) is 5.92 Å². The van der Waals surface area contributed by atoms with Gasteiger partial charge in [0.05, 0.1) is 11.7 Å². The van der Waals surface area contributed by atoms with Crippen molar-refractivity contribution >= 4 is 11.2 Å². The second-order valence-electron chi connectivity index (χ2n) is 4.03. The first-order valence-corrected chi connectivity index (χ1v) is 4.88. The molecule has 2 N–H and O–H groups in total. The molecule has 0 aliphatic carbocycles. The zero-order chi connectivity index (χ0) is 10.1. The van der Waals surface area contributed by atoms with Gasteiger partial charge in [-0.2, -0.15) is 0 Å². The molecule has 2 aromatic heterocycles. The Balaban J connectivity index is 2.47. The van der Waals surface area contributed by atoms with Crippen molar-refractivity contribution in [2.75, 3.05) is 5.73 Å². The van der Waals surface area contributed by atoms with Crippen LogP contribution in [-0.2, 0) is 6.42 Å². The highest BCUT2D eigenvalue weighted by atomic mass is 15.0. The Morgan fingerprint density at radius 3 is 3.00 bits per heavy atom. The molecule has 0 atom stereocenters. The van der Waals surface area contributed by atoms with E-state index in [0.717, 1.165) is 23.4 Å². The van der Waals surface area contributed by atoms with E-state index in [2.05, 4.69) is 23.2 Å². The molecule has 0 unspecified atom stereocenters. The first-order valence-electron chi connectivity index (χ1n) is 4.88. The van der Waals surface area contributed by atoms with Gasteiger partial charge in [0.25, 0.3) is 0 Å². The van der Waals surface area contributed by atoms with Gasteiger partial charge in [0.2, 0.25) is 0 Å². The van der Waals surface area contributed by atoms with Crippen LogP contribution in [0, 0.1) is 5.92 Å². The van der Waals surface area contributed by atoms with Crippen molar-refractivity contribution in [1.29, 1.82) is 0 Å². The van der Waals surface area contributed by atoms with Crippen molar-refractivity contribution in [1.82, 2.24) is 9.38 Å². The fraction of sp³-hybridized carbons (Fsp3) is 0.364. The van der Waals surface area contributed by atoms with E-state index < -0.39 is 0 Å². The van der Waals surface area contributed by atoms with E-state index in [1.165, 1.54) is 0 Å². The second kappa shape index (κ2) is 3.33. The van der Waals surface area contributed by atoms with Crippen LogP contribution in [0.4, 0.5) is 5.69 Å². The van der Waals surface area contributed by atoms with E-state index in [-0.39, 0.29) is 0 Å². The minimum Gasteiger partial charge on any atom is -0.399 e. The summed E-state index contributed by atoms with van der Waals surface area (Å²) in [5.41, 5.74) is 7.55. The summed E-state index contributed by atoms with van der Waals surface area (Å²) in [5, 5.41) is 0. The molecule has 2 heterocycles. The number of nitrogen functional groups attached to an aromatic ring is 1. The second-order valence-corrected chi connectivity index (χ2v) is 4.03. The lowest BCUT2D eigenvalue weighted by atomic mass is 10.1. The van der Waals surface area contributed by atoms with Crippen molar-refractivity contribution < 1.29 is 0 Å². The van der Waals surface area contributed by atoms with Crippen molar-refractivity contribution in [3.8, 4) is 0 Å². The van der Waals surface area contributed by atoms with Gasteiger partial charge < -0.3 is 10.1 Å². The van der Waals surface area contributed by atoms with Crippen LogP contribution in [0.15, 0.2) is 24.5 Å². The minimum atomic E-state index is 0.623. The molecule has 0 aliphatic heterocycles. The maximum absolute atomic E-state index is 5.69. The predicted octanol–water partition coefficient (Wildman–Crippen LogP) is 2.12. The number of hydrogen-bond donors (Lipinski definition) is 1. The lowest BCUT2D eigenvalue weighted by Gasteiger charge is -2.04. The van der Waals surface area contributed by atoms with Crippen LogP contribution >= 0.6 is 0 Å². The third-order valence-corrected chi connectivity index (χ3v) is 2.22. The molecule has 0 spiro atoms. The fourth-order valence-electron chi connectivity index (χ4n) is 1.59. The Kier molecular flexibility index (Phi) is 2.15. The van der Waals surface area contributed by atoms with Crippen molar-refractivity contribution in [2.45, 2.75) is 20.3 Å². The Labute approximate surface area is 83.6 Å². The summed E-state index contributed by atoms with van der Waals surface area (Å²) < 4.78 is 2.09. The summed E-state index contributed by atoms with van der Waals surface area (Å²) in [6, 6.07) is 3.84. The molecule has 14 heavy (non-hydrogen) atoms. The highest BCUT2D eigenvalue weighted by Gasteiger charge is 2.05. The summed E-state index contributed by atoms with van der Waals surface area (Å²) in [7, 11) is 0. The molecule has 0 amide bonds. The zero-order valence-corrected chi connectivity index (χ0v) is 8.57. The van der Waals surface area contributed by atoms with E-state index in [9.17, 15) is 0 Å². The Bertz CT molecular complexity index is 443. The van der Waals surface area contributed by atoms with Gasteiger partial charge in [0, 0.05) is 18.3 Å². The smallest absolute Gasteiger partial charge is 0.113 e. The molecule has 74 valence electrons. The standard InChI is InChI=1S/C11H15N3/c1-8(2)5-11-13-7-10-6-9(12)3-4-14(10)11/h3-4,6-8H,5,12H2,1-2H3. The summed E-state index contributed by atoms with van der Waals surface area (Å²) in [4.78, 5) is 4.38. The fourth-order valence-corrected chi connectivity index (χ4v) is 1.59. The van der Waals surface area contributed by atoms with Gasteiger partial charge in [0.15, 0.2) is 0 Å². The monoisotopic (exact) mass is 189 g/mol. The first kappa shape index (κ1) is 9.06. The quantitative estimate of drug-likeness (QED) is 0.786. The highest BCUT2D eigenvalue weighted by molar-refractivity contribution is 5.55. The molecule has 3 nitrogen and oxygen atoms in total. The van der Waals surface area contributed by atoms with Crippen LogP contribution in [0.25, 0.3) is 5.52 Å². The molecular weight excluding hydrogens is 174 g/mol. The Hall–Kier alpha value is -1.51. The number of nitrogens with zero attached hydrogens (tertiary/aromatic N) is 2. The van der Waals surface area contributed by atoms with Gasteiger partial charge in [-0.3, -0.25) is 0 Å². The van der Waals surface area contributed by atoms with Gasteiger partial charge in [-0.1, -0.05) is 13.8 Å². The molecule has 0 aliphatic rings. The number of pyridine rings is 1. The normalized spacial score (nSPS) is 11.4. The van der Waals surface area contributed by atoms with Gasteiger partial charge >= 0.3 is 0 Å². The molecule has 3 heteroatoms. The summed E-state index contributed by atoms with van der Waals surface area (Å²) in [6.07, 6.45) is 4.85. The number of aromatic nitrogens is 2. The number of fused-ring (bicyclic) bond motifs is 1. The first-order chi connectivity index (χ1) is 6.66. The summed E-state index contributed by atoms with van der Waals surface area (Å²) >= 11 is 0. The average Bonchev–Trinajstić information content (AvgIpc) is 2.47. The third kappa shape index (κ3) is 1.58. The molecule has 0 radical (unpaired) electrons. The van der Waals surface area contributed by atoms with Crippen molar-refractivity contribution in [2.24, 2.45) is 5.92 Å². The van der Waals surface area contributed by atoms with Crippen LogP contribution in [0.2, 0.25) is 0 Å². The van der Waals surface area contributed by atoms with Gasteiger partial charge in [0.1, 0.15) is 5.82 Å². The lowest BCUT2D eigenvalue weighted by molar-refractivity contribution is 0.619. The minimum absolute atomic E-state index is 0.623. The summed E-state index contributed by atoms with van der Waals surface area (Å²) in [6.45, 7) is 4.39. The number of imidazole rings is 1. The van der Waals surface area contributed by atoms with E-state index in [1.54, 1.807) is 0 Å². The zero-order valence-electron chi connectivity index (χ0n) is 8.57. The average molecular weight is 189 g/mol. The number of anilines is 1. The van der Waals surface area contributed by atoms with Crippen LogP contribution in [0.5, 0.6) is 0 Å². The number of rotatable bonds is 2. The lowest BCUT2D eigenvalue weighted by Crippen LogP contribution is -2.00. The molecule has 0 fully saturated rings. The topological polar surface area (TPSA) is 43.3 Å². The Morgan fingerprint density at radius 1 is 1.50 bits per heavy atom. The van der Waals surface area contributed by atoms with Crippen LogP contribution < -0.4 is 5.73 Å². The summed E-state index contributed by atoms with van der Waals surface area (Å²) in [5.74, 6) is 1.73. The number of hydrogen-bond acceptors (Lipinski definition) is 2. The molecule has 0 saturated carbocycles. The number of nitrogens with two attached hydrogens (primary N) is 1. The maximum Gasteiger partial charge on any atom is 0.113 e. The Morgan fingerprint density at radius 2 is 2.29 bits per heavy atom. The largest absolute Gasteiger partial charge is 0.399 e. The SMILES string of the molecule is CC(C)Cc1ncc2cc(N)ccn12. The van der Waals surface area contributed by atoms with Crippen molar-refractivity contribution in [3.63, 3.8) is 0 Å². The van der Waals surface area contributed by atoms with Crippen LogP contribution in [0.1, 0.15) is 19.7 Å². The van der Waals surface area contributed by atoms with E-state index >= 15 is 0 Å². The molecule has 0 bridgehead atoms. The van der Waals surface area contributed by atoms with E-state index in [1.807, 2.05) is 24.5 Å². The van der Waals surface area contributed by atoms with Gasteiger partial charge in [-0.25, -0.2) is 4.98 Å². The highest BCUT2D eigenvalue weighted by Crippen LogP contribution is 2.13. The molecule has 2 rings (SSSR count).